The molecule has 5 heteroatoms. The summed E-state index contributed by atoms with van der Waals surface area (Å²) < 4.78 is 0. The second kappa shape index (κ2) is 7.90. The third-order valence-electron chi connectivity index (χ3n) is 2.42. The van der Waals surface area contributed by atoms with Crippen molar-refractivity contribution in [3.63, 3.8) is 0 Å². The predicted octanol–water partition coefficient (Wildman–Crippen LogP) is 0.266. The van der Waals surface area contributed by atoms with Gasteiger partial charge in [0.15, 0.2) is 0 Å². The molecule has 0 heterocycles. The van der Waals surface area contributed by atoms with Crippen molar-refractivity contribution >= 4 is 11.9 Å². The highest BCUT2D eigenvalue weighted by atomic mass is 16.4. The Bertz CT molecular complexity index is 492. The van der Waals surface area contributed by atoms with Gasteiger partial charge in [0, 0.05) is 6.54 Å². The molecule has 0 unspecified atom stereocenters. The third kappa shape index (κ3) is 5.70. The Hall–Kier alpha value is -2.32. The van der Waals surface area contributed by atoms with E-state index >= 15 is 0 Å². The van der Waals surface area contributed by atoms with Gasteiger partial charge in [0.25, 0.3) is 0 Å². The first-order valence-electron chi connectivity index (χ1n) is 5.86. The van der Waals surface area contributed by atoms with Gasteiger partial charge in [-0.05, 0) is 24.1 Å². The summed E-state index contributed by atoms with van der Waals surface area (Å²) >= 11 is 0. The fourth-order valence-electron chi connectivity index (χ4n) is 1.52. The van der Waals surface area contributed by atoms with Crippen LogP contribution in [0.3, 0.4) is 0 Å². The van der Waals surface area contributed by atoms with Crippen LogP contribution in [-0.4, -0.2) is 36.6 Å². The number of rotatable bonds is 7. The summed E-state index contributed by atoms with van der Waals surface area (Å²) in [4.78, 5) is 22.1. The van der Waals surface area contributed by atoms with E-state index in [0.717, 1.165) is 5.56 Å². The van der Waals surface area contributed by atoms with Crippen LogP contribution >= 0.6 is 0 Å². The Morgan fingerprint density at radius 2 is 2.16 bits per heavy atom. The number of carboxylic acids is 1. The average molecular weight is 260 g/mol. The topological polar surface area (TPSA) is 78.4 Å². The first kappa shape index (κ1) is 14.7. The fourth-order valence-corrected chi connectivity index (χ4v) is 1.52. The second-order valence-corrected chi connectivity index (χ2v) is 3.91. The number of benzene rings is 1. The van der Waals surface area contributed by atoms with Crippen LogP contribution in [0.1, 0.15) is 15.9 Å². The van der Waals surface area contributed by atoms with Crippen LogP contribution in [0.2, 0.25) is 0 Å². The molecule has 0 saturated carbocycles. The third-order valence-corrected chi connectivity index (χ3v) is 2.42. The van der Waals surface area contributed by atoms with Crippen molar-refractivity contribution in [3.8, 4) is 12.3 Å². The summed E-state index contributed by atoms with van der Waals surface area (Å²) in [5.74, 6) is 1.29. The van der Waals surface area contributed by atoms with Crippen molar-refractivity contribution in [2.45, 2.75) is 6.42 Å². The van der Waals surface area contributed by atoms with Crippen molar-refractivity contribution in [1.29, 1.82) is 0 Å². The first-order chi connectivity index (χ1) is 9.13. The molecule has 1 rings (SSSR count). The van der Waals surface area contributed by atoms with Crippen molar-refractivity contribution in [2.24, 2.45) is 0 Å². The van der Waals surface area contributed by atoms with E-state index in [1.807, 2.05) is 6.07 Å². The summed E-state index contributed by atoms with van der Waals surface area (Å²) in [5.41, 5.74) is 1.12. The molecular formula is C14H16N2O3. The quantitative estimate of drug-likeness (QED) is 0.485. The molecule has 0 aliphatic heterocycles. The Morgan fingerprint density at radius 1 is 1.37 bits per heavy atom. The number of hydrogen-bond donors (Lipinski definition) is 3. The van der Waals surface area contributed by atoms with Crippen LogP contribution in [-0.2, 0) is 11.2 Å². The Kier molecular flexibility index (Phi) is 6.13. The monoisotopic (exact) mass is 260 g/mol. The normalized spacial score (nSPS) is 9.63. The number of aromatic carboxylic acids is 1. The predicted molar refractivity (Wildman–Crippen MR) is 71.8 cm³/mol. The van der Waals surface area contributed by atoms with Gasteiger partial charge in [-0.3, -0.25) is 10.1 Å². The van der Waals surface area contributed by atoms with E-state index in [1.54, 1.807) is 12.1 Å². The van der Waals surface area contributed by atoms with Crippen molar-refractivity contribution < 1.29 is 14.7 Å². The number of carboxylic acid groups (broad SMARTS) is 1. The van der Waals surface area contributed by atoms with E-state index in [2.05, 4.69) is 16.6 Å². The SMILES string of the molecule is C#CCNCC(=O)NCCc1cccc(C(=O)O)c1. The summed E-state index contributed by atoms with van der Waals surface area (Å²) in [6.45, 7) is 0.993. The van der Waals surface area contributed by atoms with E-state index in [-0.39, 0.29) is 18.0 Å². The lowest BCUT2D eigenvalue weighted by atomic mass is 10.1. The molecule has 3 N–H and O–H groups in total. The molecule has 0 fully saturated rings. The Morgan fingerprint density at radius 3 is 2.84 bits per heavy atom. The summed E-state index contributed by atoms with van der Waals surface area (Å²) in [6.07, 6.45) is 5.62. The van der Waals surface area contributed by atoms with Crippen molar-refractivity contribution in [2.75, 3.05) is 19.6 Å². The molecular weight excluding hydrogens is 244 g/mol. The van der Waals surface area contributed by atoms with E-state index in [4.69, 9.17) is 11.5 Å². The van der Waals surface area contributed by atoms with Crippen LogP contribution in [0.25, 0.3) is 0 Å². The highest BCUT2D eigenvalue weighted by Crippen LogP contribution is 2.05. The number of terminal acetylenes is 1. The molecule has 0 aliphatic rings. The number of hydrogen-bond acceptors (Lipinski definition) is 3. The van der Waals surface area contributed by atoms with Crippen LogP contribution in [0.4, 0.5) is 0 Å². The largest absolute Gasteiger partial charge is 0.478 e. The maximum Gasteiger partial charge on any atom is 0.335 e. The molecule has 1 amide bonds. The number of amides is 1. The number of nitrogens with one attached hydrogen (secondary N) is 2. The minimum Gasteiger partial charge on any atom is -0.478 e. The van der Waals surface area contributed by atoms with Gasteiger partial charge in [-0.1, -0.05) is 18.1 Å². The number of carbonyl (C=O) groups is 2. The van der Waals surface area contributed by atoms with Gasteiger partial charge in [0.2, 0.25) is 5.91 Å². The molecule has 0 bridgehead atoms. The van der Waals surface area contributed by atoms with Gasteiger partial charge in [-0.25, -0.2) is 4.79 Å². The molecule has 0 spiro atoms. The van der Waals surface area contributed by atoms with Crippen molar-refractivity contribution in [1.82, 2.24) is 10.6 Å². The van der Waals surface area contributed by atoms with E-state index in [9.17, 15) is 9.59 Å². The number of carbonyl (C=O) groups excluding carboxylic acids is 1. The van der Waals surface area contributed by atoms with Crippen LogP contribution < -0.4 is 10.6 Å². The molecule has 0 saturated heterocycles. The Balaban J connectivity index is 2.33. The van der Waals surface area contributed by atoms with Crippen molar-refractivity contribution in [3.05, 3.63) is 35.4 Å². The molecule has 100 valence electrons. The molecule has 0 radical (unpaired) electrons. The van der Waals surface area contributed by atoms with Crippen LogP contribution in [0.15, 0.2) is 24.3 Å². The molecule has 1 aromatic rings. The average Bonchev–Trinajstić information content (AvgIpc) is 2.39. The Labute approximate surface area is 112 Å². The molecule has 0 atom stereocenters. The fraction of sp³-hybridized carbons (Fsp3) is 0.286. The zero-order valence-corrected chi connectivity index (χ0v) is 10.5. The highest BCUT2D eigenvalue weighted by Gasteiger charge is 2.04. The molecule has 0 aliphatic carbocycles. The molecule has 5 nitrogen and oxygen atoms in total. The molecule has 1 aromatic carbocycles. The summed E-state index contributed by atoms with van der Waals surface area (Å²) in [5, 5.41) is 14.4. The van der Waals surface area contributed by atoms with Crippen LogP contribution in [0.5, 0.6) is 0 Å². The minimum absolute atomic E-state index is 0.135. The zero-order chi connectivity index (χ0) is 14.1. The van der Waals surface area contributed by atoms with Crippen LogP contribution in [0, 0.1) is 12.3 Å². The lowest BCUT2D eigenvalue weighted by molar-refractivity contribution is -0.120. The van der Waals surface area contributed by atoms with Gasteiger partial charge < -0.3 is 10.4 Å². The van der Waals surface area contributed by atoms with Gasteiger partial charge >= 0.3 is 5.97 Å². The molecule has 0 aromatic heterocycles. The lowest BCUT2D eigenvalue weighted by Gasteiger charge is -2.06. The van der Waals surface area contributed by atoms with E-state index in [0.29, 0.717) is 19.5 Å². The summed E-state index contributed by atoms with van der Waals surface area (Å²) in [7, 11) is 0. The van der Waals surface area contributed by atoms with E-state index < -0.39 is 5.97 Å². The lowest BCUT2D eigenvalue weighted by Crippen LogP contribution is -2.35. The van der Waals surface area contributed by atoms with E-state index in [1.165, 1.54) is 6.07 Å². The van der Waals surface area contributed by atoms with Gasteiger partial charge in [0.1, 0.15) is 0 Å². The maximum absolute atomic E-state index is 11.3. The minimum atomic E-state index is -0.954. The highest BCUT2D eigenvalue weighted by molar-refractivity contribution is 5.87. The smallest absolute Gasteiger partial charge is 0.335 e. The van der Waals surface area contributed by atoms with Gasteiger partial charge in [0.05, 0.1) is 18.7 Å². The maximum atomic E-state index is 11.3. The summed E-state index contributed by atoms with van der Waals surface area (Å²) in [6, 6.07) is 6.66. The van der Waals surface area contributed by atoms with Gasteiger partial charge in [-0.15, -0.1) is 6.42 Å². The van der Waals surface area contributed by atoms with Gasteiger partial charge in [-0.2, -0.15) is 0 Å². The standard InChI is InChI=1S/C14H16N2O3/c1-2-7-15-10-13(17)16-8-6-11-4-3-5-12(9-11)14(18)19/h1,3-5,9,15H,6-8,10H2,(H,16,17)(H,18,19). The zero-order valence-electron chi connectivity index (χ0n) is 10.5. The second-order valence-electron chi connectivity index (χ2n) is 3.91. The molecule has 19 heavy (non-hydrogen) atoms. The first-order valence-corrected chi connectivity index (χ1v) is 5.86.